The Kier molecular flexibility index (Phi) is 13.9. The van der Waals surface area contributed by atoms with Crippen molar-refractivity contribution in [1.82, 2.24) is 9.80 Å². The van der Waals surface area contributed by atoms with Crippen molar-refractivity contribution in [3.05, 3.63) is 75.3 Å². The molecule has 2 aliphatic rings. The van der Waals surface area contributed by atoms with Crippen LogP contribution in [0.25, 0.3) is 0 Å². The number of aryl methyl sites for hydroxylation is 1. The van der Waals surface area contributed by atoms with E-state index in [1.807, 2.05) is 43.3 Å². The molecule has 0 bridgehead atoms. The van der Waals surface area contributed by atoms with Gasteiger partial charge < -0.3 is 42.2 Å². The Hall–Kier alpha value is -4.79. The molecule has 2 aliphatic heterocycles. The second-order valence-electron chi connectivity index (χ2n) is 18.9. The van der Waals surface area contributed by atoms with Crippen molar-refractivity contribution in [2.45, 2.75) is 124 Å². The van der Waals surface area contributed by atoms with Gasteiger partial charge in [0.1, 0.15) is 17.4 Å². The van der Waals surface area contributed by atoms with Crippen molar-refractivity contribution >= 4 is 26.3 Å². The second kappa shape index (κ2) is 17.9. The van der Waals surface area contributed by atoms with Crippen molar-refractivity contribution in [3.63, 3.8) is 0 Å². The van der Waals surface area contributed by atoms with E-state index in [0.29, 0.717) is 34.1 Å². The van der Waals surface area contributed by atoms with E-state index >= 15 is 4.79 Å². The van der Waals surface area contributed by atoms with Gasteiger partial charge in [0.15, 0.2) is 28.8 Å². The monoisotopic (exact) mass is 862 g/mol. The summed E-state index contributed by atoms with van der Waals surface area (Å²) in [5.74, 6) is 1.27. The quantitative estimate of drug-likeness (QED) is 0.162. The first-order valence-corrected chi connectivity index (χ1v) is 22.5. The summed E-state index contributed by atoms with van der Waals surface area (Å²) in [7, 11) is 4.63. The summed E-state index contributed by atoms with van der Waals surface area (Å²) >= 11 is 0. The standard InChI is InChI=1S/C47H66N2O11Si/c1-28-22-31(32-26-58-61(46(6,7)8,47(9,10)11)60-41(32)38(28)53-13)23-33(48(12)44(52)59-45(3,4)5)43(51)49-24-35(50)37-36(34(49)27-57-25-30-20-18-17-19-21-30)42(56-16)40(55-15)29(2)39(37)54-14/h17-22,33-34H,23-27H2,1-16H3/t33-,34-/m0/s1. The second-order valence-corrected chi connectivity index (χ2v) is 23.7. The van der Waals surface area contributed by atoms with Crippen LogP contribution in [-0.4, -0.2) is 96.4 Å². The summed E-state index contributed by atoms with van der Waals surface area (Å²) in [6.07, 6.45) is -0.678. The van der Waals surface area contributed by atoms with Crippen molar-refractivity contribution < 1.29 is 51.7 Å². The largest absolute Gasteiger partial charge is 0.516 e. The van der Waals surface area contributed by atoms with E-state index < -0.39 is 38.2 Å². The zero-order valence-electron chi connectivity index (χ0n) is 39.0. The zero-order chi connectivity index (χ0) is 45.4. The number of ether oxygens (including phenoxy) is 6. The van der Waals surface area contributed by atoms with Gasteiger partial charge in [-0.05, 0) is 51.3 Å². The number of amides is 2. The first-order chi connectivity index (χ1) is 28.5. The number of carbonyl (C=O) groups excluding carboxylic acids is 3. The third-order valence-electron chi connectivity index (χ3n) is 11.5. The maximum atomic E-state index is 15.6. The Bertz CT molecular complexity index is 2100. The molecule has 0 aliphatic carbocycles. The van der Waals surface area contributed by atoms with Crippen molar-refractivity contribution in [1.29, 1.82) is 0 Å². The first-order valence-electron chi connectivity index (χ1n) is 20.7. The topological polar surface area (TPSA) is 132 Å². The highest BCUT2D eigenvalue weighted by Crippen LogP contribution is 2.57. The number of likely N-dealkylation sites (N-methyl/N-ethyl adjacent to an activating group) is 1. The molecule has 3 aromatic rings. The SMILES string of the molecule is COc1c(C)cc(C[C@@H](C(=O)N2CC(=O)c3c(OC)c(C)c(OC)c(OC)c3[C@@H]2COCc2ccccc2)N(C)C(=O)OC(C)(C)C)c2c1O[Si](C(C)(C)C)(C(C)(C)C)OC2. The molecule has 5 rings (SSSR count). The number of benzene rings is 3. The van der Waals surface area contributed by atoms with Crippen LogP contribution in [0, 0.1) is 13.8 Å². The number of nitrogens with zero attached hydrogens (tertiary/aromatic N) is 2. The fraction of sp³-hybridized carbons (Fsp3) is 0.553. The summed E-state index contributed by atoms with van der Waals surface area (Å²) in [4.78, 5) is 46.9. The lowest BCUT2D eigenvalue weighted by Crippen LogP contribution is -2.61. The van der Waals surface area contributed by atoms with Gasteiger partial charge in [-0.3, -0.25) is 14.5 Å². The smallest absolute Gasteiger partial charge is 0.410 e. The van der Waals surface area contributed by atoms with Crippen LogP contribution in [0.3, 0.4) is 0 Å². The van der Waals surface area contributed by atoms with E-state index in [1.54, 1.807) is 41.9 Å². The molecule has 334 valence electrons. The Balaban J connectivity index is 1.70. The van der Waals surface area contributed by atoms with Crippen molar-refractivity contribution in [2.24, 2.45) is 0 Å². The first kappa shape index (κ1) is 47.3. The van der Waals surface area contributed by atoms with Crippen LogP contribution in [0.1, 0.15) is 112 Å². The summed E-state index contributed by atoms with van der Waals surface area (Å²) < 4.78 is 50.0. The van der Waals surface area contributed by atoms with Gasteiger partial charge in [-0.15, -0.1) is 0 Å². The highest BCUT2D eigenvalue weighted by Gasteiger charge is 2.62. The highest BCUT2D eigenvalue weighted by molar-refractivity contribution is 6.74. The number of methoxy groups -OCH3 is 4. The molecule has 0 spiro atoms. The molecule has 2 atom stereocenters. The zero-order valence-corrected chi connectivity index (χ0v) is 40.0. The maximum absolute atomic E-state index is 15.6. The lowest BCUT2D eigenvalue weighted by atomic mass is 9.86. The van der Waals surface area contributed by atoms with Gasteiger partial charge in [0.05, 0.1) is 66.4 Å². The van der Waals surface area contributed by atoms with E-state index in [-0.39, 0.29) is 60.0 Å². The normalized spacial score (nSPS) is 16.8. The van der Waals surface area contributed by atoms with Gasteiger partial charge in [0, 0.05) is 40.2 Å². The van der Waals surface area contributed by atoms with Gasteiger partial charge in [-0.25, -0.2) is 4.79 Å². The lowest BCUT2D eigenvalue weighted by Gasteiger charge is -2.51. The summed E-state index contributed by atoms with van der Waals surface area (Å²) in [5, 5.41) is -0.653. The molecule has 3 aromatic carbocycles. The van der Waals surface area contributed by atoms with Crippen LogP contribution in [0.5, 0.6) is 28.7 Å². The van der Waals surface area contributed by atoms with Crippen LogP contribution >= 0.6 is 0 Å². The third kappa shape index (κ3) is 9.08. The fourth-order valence-corrected chi connectivity index (χ4v) is 13.6. The van der Waals surface area contributed by atoms with E-state index in [4.69, 9.17) is 37.3 Å². The average Bonchev–Trinajstić information content (AvgIpc) is 3.18. The molecule has 2 amide bonds. The molecular weight excluding hydrogens is 797 g/mol. The van der Waals surface area contributed by atoms with E-state index in [0.717, 1.165) is 22.3 Å². The predicted molar refractivity (Wildman–Crippen MR) is 236 cm³/mol. The Morgan fingerprint density at radius 1 is 0.869 bits per heavy atom. The minimum Gasteiger partial charge on any atom is -0.516 e. The number of rotatable bonds is 12. The van der Waals surface area contributed by atoms with Crippen LogP contribution in [-0.2, 0) is 38.3 Å². The molecule has 61 heavy (non-hydrogen) atoms. The Morgan fingerprint density at radius 2 is 1.46 bits per heavy atom. The molecule has 2 heterocycles. The van der Waals surface area contributed by atoms with Crippen LogP contribution in [0.15, 0.2) is 36.4 Å². The van der Waals surface area contributed by atoms with Crippen molar-refractivity contribution in [2.75, 3.05) is 48.6 Å². The van der Waals surface area contributed by atoms with Crippen LogP contribution in [0.2, 0.25) is 10.1 Å². The molecule has 0 unspecified atom stereocenters. The van der Waals surface area contributed by atoms with Crippen LogP contribution < -0.4 is 23.4 Å². The van der Waals surface area contributed by atoms with E-state index in [2.05, 4.69) is 41.5 Å². The number of hydrogen-bond acceptors (Lipinski definition) is 11. The van der Waals surface area contributed by atoms with Gasteiger partial charge in [-0.2, -0.15) is 0 Å². The molecule has 0 saturated carbocycles. The predicted octanol–water partition coefficient (Wildman–Crippen LogP) is 9.05. The molecule has 0 radical (unpaired) electrons. The van der Waals surface area contributed by atoms with Gasteiger partial charge in [0.25, 0.3) is 0 Å². The Labute approximate surface area is 363 Å². The van der Waals surface area contributed by atoms with Gasteiger partial charge in [0.2, 0.25) is 5.91 Å². The fourth-order valence-electron chi connectivity index (χ4n) is 8.92. The highest BCUT2D eigenvalue weighted by atomic mass is 28.4. The maximum Gasteiger partial charge on any atom is 0.410 e. The minimum atomic E-state index is -3.03. The average molecular weight is 863 g/mol. The minimum absolute atomic E-state index is 0.0272. The third-order valence-corrected chi connectivity index (χ3v) is 16.5. The number of Topliss-reactive ketones (excluding diaryl/α,β-unsaturated/α-hetero) is 1. The van der Waals surface area contributed by atoms with Crippen LogP contribution in [0.4, 0.5) is 4.79 Å². The number of ketones is 1. The van der Waals surface area contributed by atoms with Gasteiger partial charge in [-0.1, -0.05) is 77.9 Å². The summed E-state index contributed by atoms with van der Waals surface area (Å²) in [6.45, 7) is 22.0. The number of hydrogen-bond donors (Lipinski definition) is 0. The lowest BCUT2D eigenvalue weighted by molar-refractivity contribution is -0.140. The molecule has 0 aromatic heterocycles. The molecule has 13 nitrogen and oxygen atoms in total. The number of carbonyl (C=O) groups is 3. The number of fused-ring (bicyclic) bond motifs is 2. The summed E-state index contributed by atoms with van der Waals surface area (Å²) in [5.41, 5.74) is 3.56. The molecule has 0 N–H and O–H groups in total. The molecule has 14 heteroatoms. The van der Waals surface area contributed by atoms with Gasteiger partial charge >= 0.3 is 14.7 Å². The van der Waals surface area contributed by atoms with Crippen molar-refractivity contribution in [3.8, 4) is 28.7 Å². The van der Waals surface area contributed by atoms with E-state index in [9.17, 15) is 9.59 Å². The molecule has 0 fully saturated rings. The Morgan fingerprint density at radius 3 is 2.00 bits per heavy atom. The molecule has 0 saturated heterocycles. The van der Waals surface area contributed by atoms with E-state index in [1.165, 1.54) is 31.1 Å². The molecular formula is C47H66N2O11Si. The summed E-state index contributed by atoms with van der Waals surface area (Å²) in [6, 6.07) is 9.57.